The van der Waals surface area contributed by atoms with E-state index >= 15 is 0 Å². The molecule has 104 valence electrons. The molecule has 0 bridgehead atoms. The van der Waals surface area contributed by atoms with Gasteiger partial charge in [0.25, 0.3) is 5.69 Å². The minimum Gasteiger partial charge on any atom is -0.314 e. The molecule has 1 heterocycles. The van der Waals surface area contributed by atoms with Gasteiger partial charge >= 0.3 is 0 Å². The third kappa shape index (κ3) is 2.72. The fraction of sp³-hybridized carbons (Fsp3) is 0.400. The largest absolute Gasteiger partial charge is 0.314 e. The first-order valence-corrected chi connectivity index (χ1v) is 7.02. The van der Waals surface area contributed by atoms with Crippen molar-refractivity contribution in [3.05, 3.63) is 34.1 Å². The number of nitro groups is 1. The first-order valence-electron chi connectivity index (χ1n) is 5.58. The van der Waals surface area contributed by atoms with Gasteiger partial charge in [-0.2, -0.15) is 4.31 Å². The molecule has 0 spiro atoms. The molecule has 1 aromatic carbocycles. The number of piperazine rings is 1. The fourth-order valence-corrected chi connectivity index (χ4v) is 3.32. The van der Waals surface area contributed by atoms with Gasteiger partial charge in [0, 0.05) is 32.2 Å². The highest BCUT2D eigenvalue weighted by atomic mass is 32.2. The van der Waals surface area contributed by atoms with Crippen LogP contribution in [0.2, 0.25) is 0 Å². The van der Waals surface area contributed by atoms with Crippen molar-refractivity contribution in [1.29, 1.82) is 0 Å². The van der Waals surface area contributed by atoms with E-state index in [2.05, 4.69) is 5.32 Å². The molecule has 1 aliphatic heterocycles. The molecule has 7 nitrogen and oxygen atoms in total. The summed E-state index contributed by atoms with van der Waals surface area (Å²) < 4.78 is 39.3. The number of halogens is 1. The topological polar surface area (TPSA) is 92.5 Å². The summed E-state index contributed by atoms with van der Waals surface area (Å²) in [7, 11) is -3.94. The van der Waals surface area contributed by atoms with E-state index in [4.69, 9.17) is 0 Å². The van der Waals surface area contributed by atoms with E-state index in [-0.39, 0.29) is 13.1 Å². The average molecular weight is 289 g/mol. The summed E-state index contributed by atoms with van der Waals surface area (Å²) in [5, 5.41) is 13.5. The van der Waals surface area contributed by atoms with Crippen LogP contribution in [0.3, 0.4) is 0 Å². The number of nitro benzene ring substituents is 1. The summed E-state index contributed by atoms with van der Waals surface area (Å²) in [4.78, 5) is 9.19. The van der Waals surface area contributed by atoms with Crippen LogP contribution in [0.15, 0.2) is 23.1 Å². The van der Waals surface area contributed by atoms with E-state index in [1.165, 1.54) is 0 Å². The van der Waals surface area contributed by atoms with E-state index in [0.29, 0.717) is 19.2 Å². The summed E-state index contributed by atoms with van der Waals surface area (Å²) in [5.41, 5.74) is -0.475. The van der Waals surface area contributed by atoms with E-state index < -0.39 is 31.3 Å². The van der Waals surface area contributed by atoms with Crippen molar-refractivity contribution < 1.29 is 17.7 Å². The summed E-state index contributed by atoms with van der Waals surface area (Å²) in [6.07, 6.45) is 0. The van der Waals surface area contributed by atoms with E-state index in [9.17, 15) is 22.9 Å². The van der Waals surface area contributed by atoms with Crippen molar-refractivity contribution in [1.82, 2.24) is 9.62 Å². The van der Waals surface area contributed by atoms with Crippen molar-refractivity contribution in [3.63, 3.8) is 0 Å². The summed E-state index contributed by atoms with van der Waals surface area (Å²) in [6, 6.07) is 2.54. The van der Waals surface area contributed by atoms with Crippen molar-refractivity contribution in [2.24, 2.45) is 0 Å². The van der Waals surface area contributed by atoms with Gasteiger partial charge in [0.2, 0.25) is 10.0 Å². The van der Waals surface area contributed by atoms with Gasteiger partial charge < -0.3 is 5.32 Å². The Hall–Kier alpha value is -1.58. The molecule has 19 heavy (non-hydrogen) atoms. The molecule has 0 aromatic heterocycles. The van der Waals surface area contributed by atoms with Crippen LogP contribution in [-0.4, -0.2) is 43.8 Å². The van der Waals surface area contributed by atoms with E-state index in [1.807, 2.05) is 0 Å². The maximum atomic E-state index is 13.7. The van der Waals surface area contributed by atoms with E-state index in [1.54, 1.807) is 0 Å². The molecular formula is C10H12FN3O4S. The molecule has 1 N–H and O–H groups in total. The third-order valence-electron chi connectivity index (χ3n) is 2.82. The van der Waals surface area contributed by atoms with E-state index in [0.717, 1.165) is 16.4 Å². The lowest BCUT2D eigenvalue weighted by atomic mass is 10.3. The SMILES string of the molecule is O=[N+]([O-])c1ccc(S(=O)(=O)N2CCNCC2)c(F)c1. The van der Waals surface area contributed by atoms with Gasteiger partial charge in [-0.1, -0.05) is 0 Å². The number of nitrogens with one attached hydrogen (secondary N) is 1. The molecule has 1 fully saturated rings. The number of sulfonamides is 1. The third-order valence-corrected chi connectivity index (χ3v) is 4.75. The minimum atomic E-state index is -3.94. The zero-order chi connectivity index (χ0) is 14.0. The maximum Gasteiger partial charge on any atom is 0.272 e. The lowest BCUT2D eigenvalue weighted by molar-refractivity contribution is -0.385. The predicted molar refractivity (Wildman–Crippen MR) is 64.7 cm³/mol. The van der Waals surface area contributed by atoms with Crippen LogP contribution in [0.1, 0.15) is 0 Å². The van der Waals surface area contributed by atoms with Crippen LogP contribution in [-0.2, 0) is 10.0 Å². The monoisotopic (exact) mass is 289 g/mol. The Morgan fingerprint density at radius 1 is 1.32 bits per heavy atom. The molecule has 0 amide bonds. The number of non-ortho nitro benzene ring substituents is 1. The minimum absolute atomic E-state index is 0.249. The van der Waals surface area contributed by atoms with Crippen LogP contribution in [0, 0.1) is 15.9 Å². The van der Waals surface area contributed by atoms with Crippen LogP contribution < -0.4 is 5.32 Å². The standard InChI is InChI=1S/C10H12FN3O4S/c11-9-7-8(14(15)16)1-2-10(9)19(17,18)13-5-3-12-4-6-13/h1-2,7,12H,3-6H2. The number of hydrogen-bond donors (Lipinski definition) is 1. The summed E-state index contributed by atoms with van der Waals surface area (Å²) in [5.74, 6) is -1.10. The smallest absolute Gasteiger partial charge is 0.272 e. The highest BCUT2D eigenvalue weighted by molar-refractivity contribution is 7.89. The number of rotatable bonds is 3. The van der Waals surface area contributed by atoms with Gasteiger partial charge in [0.1, 0.15) is 10.7 Å². The molecule has 1 saturated heterocycles. The molecule has 9 heteroatoms. The van der Waals surface area contributed by atoms with Crippen LogP contribution in [0.5, 0.6) is 0 Å². The Balaban J connectivity index is 2.37. The Bertz CT molecular complexity index is 599. The molecule has 1 aromatic rings. The van der Waals surface area contributed by atoms with Crippen LogP contribution in [0.25, 0.3) is 0 Å². The van der Waals surface area contributed by atoms with Gasteiger partial charge in [-0.25, -0.2) is 12.8 Å². The Morgan fingerprint density at radius 3 is 2.47 bits per heavy atom. The van der Waals surface area contributed by atoms with Crippen molar-refractivity contribution >= 4 is 15.7 Å². The molecule has 0 radical (unpaired) electrons. The lowest BCUT2D eigenvalue weighted by Crippen LogP contribution is -2.46. The Morgan fingerprint density at radius 2 is 1.95 bits per heavy atom. The Labute approximate surface area is 109 Å². The second-order valence-corrected chi connectivity index (χ2v) is 5.93. The van der Waals surface area contributed by atoms with Crippen molar-refractivity contribution in [2.75, 3.05) is 26.2 Å². The zero-order valence-corrected chi connectivity index (χ0v) is 10.7. The fourth-order valence-electron chi connectivity index (χ4n) is 1.84. The van der Waals surface area contributed by atoms with Gasteiger partial charge in [-0.15, -0.1) is 0 Å². The van der Waals surface area contributed by atoms with Crippen molar-refractivity contribution in [2.45, 2.75) is 4.90 Å². The molecule has 0 atom stereocenters. The molecular weight excluding hydrogens is 277 g/mol. The summed E-state index contributed by atoms with van der Waals surface area (Å²) >= 11 is 0. The van der Waals surface area contributed by atoms with Crippen LogP contribution in [0.4, 0.5) is 10.1 Å². The average Bonchev–Trinajstić information content (AvgIpc) is 2.39. The molecule has 0 aliphatic carbocycles. The van der Waals surface area contributed by atoms with Gasteiger partial charge in [-0.05, 0) is 6.07 Å². The van der Waals surface area contributed by atoms with Gasteiger partial charge in [0.15, 0.2) is 0 Å². The second-order valence-electron chi connectivity index (χ2n) is 4.03. The predicted octanol–water partition coefficient (Wildman–Crippen LogP) is 0.328. The first kappa shape index (κ1) is 13.8. The summed E-state index contributed by atoms with van der Waals surface area (Å²) in [6.45, 7) is 1.49. The van der Waals surface area contributed by atoms with Gasteiger partial charge in [0.05, 0.1) is 11.0 Å². The number of hydrogen-bond acceptors (Lipinski definition) is 5. The molecule has 1 aliphatic rings. The highest BCUT2D eigenvalue weighted by Crippen LogP contribution is 2.23. The maximum absolute atomic E-state index is 13.7. The number of nitrogens with zero attached hydrogens (tertiary/aromatic N) is 2. The Kier molecular flexibility index (Phi) is 3.78. The quantitative estimate of drug-likeness (QED) is 0.639. The van der Waals surface area contributed by atoms with Crippen molar-refractivity contribution in [3.8, 4) is 0 Å². The lowest BCUT2D eigenvalue weighted by Gasteiger charge is -2.26. The molecule has 2 rings (SSSR count). The molecule has 0 saturated carbocycles. The normalized spacial score (nSPS) is 17.3. The number of benzene rings is 1. The highest BCUT2D eigenvalue weighted by Gasteiger charge is 2.29. The first-order chi connectivity index (χ1) is 8.93. The zero-order valence-electron chi connectivity index (χ0n) is 9.87. The second kappa shape index (κ2) is 5.19. The van der Waals surface area contributed by atoms with Gasteiger partial charge in [-0.3, -0.25) is 10.1 Å². The molecule has 0 unspecified atom stereocenters. The van der Waals surface area contributed by atoms with Crippen LogP contribution >= 0.6 is 0 Å².